The van der Waals surface area contributed by atoms with Crippen molar-refractivity contribution in [1.82, 2.24) is 14.6 Å². The Morgan fingerprint density at radius 3 is 2.90 bits per heavy atom. The number of nitrogens with zero attached hydrogens (tertiary/aromatic N) is 4. The maximum Gasteiger partial charge on any atom is 0.157 e. The van der Waals surface area contributed by atoms with Gasteiger partial charge in [-0.25, -0.2) is 4.98 Å². The van der Waals surface area contributed by atoms with E-state index in [4.69, 9.17) is 4.74 Å². The highest BCUT2D eigenvalue weighted by molar-refractivity contribution is 5.53. The van der Waals surface area contributed by atoms with Gasteiger partial charge in [-0.05, 0) is 50.3 Å². The van der Waals surface area contributed by atoms with Gasteiger partial charge in [0.1, 0.15) is 12.1 Å². The summed E-state index contributed by atoms with van der Waals surface area (Å²) in [6.07, 6.45) is 4.90. The fraction of sp³-hybridized carbons (Fsp3) is 0.600. The Labute approximate surface area is 118 Å². The van der Waals surface area contributed by atoms with Crippen molar-refractivity contribution >= 4 is 11.5 Å². The largest absolute Gasteiger partial charge is 0.371 e. The Hall–Kier alpha value is -1.62. The van der Waals surface area contributed by atoms with Crippen LogP contribution in [-0.4, -0.2) is 39.9 Å². The van der Waals surface area contributed by atoms with Crippen molar-refractivity contribution in [3.05, 3.63) is 24.0 Å². The van der Waals surface area contributed by atoms with Gasteiger partial charge in [0, 0.05) is 13.1 Å². The summed E-state index contributed by atoms with van der Waals surface area (Å²) in [6.45, 7) is 6.16. The highest BCUT2D eigenvalue weighted by atomic mass is 16.5. The van der Waals surface area contributed by atoms with Crippen LogP contribution in [0.25, 0.3) is 5.65 Å². The number of morpholine rings is 1. The van der Waals surface area contributed by atoms with Crippen molar-refractivity contribution in [3.8, 4) is 0 Å². The topological polar surface area (TPSA) is 42.7 Å². The number of fused-ring (bicyclic) bond motifs is 1. The molecule has 1 aliphatic heterocycles. The van der Waals surface area contributed by atoms with Crippen molar-refractivity contribution in [2.45, 2.75) is 38.9 Å². The van der Waals surface area contributed by atoms with Gasteiger partial charge in [0.25, 0.3) is 0 Å². The highest BCUT2D eigenvalue weighted by Gasteiger charge is 2.37. The summed E-state index contributed by atoms with van der Waals surface area (Å²) in [7, 11) is 0. The van der Waals surface area contributed by atoms with Crippen molar-refractivity contribution in [2.75, 3.05) is 18.0 Å². The van der Waals surface area contributed by atoms with Gasteiger partial charge in [-0.1, -0.05) is 0 Å². The molecular formula is C15H20N4O. The Kier molecular flexibility index (Phi) is 2.70. The van der Waals surface area contributed by atoms with Gasteiger partial charge in [-0.2, -0.15) is 9.61 Å². The smallest absolute Gasteiger partial charge is 0.157 e. The molecule has 5 nitrogen and oxygen atoms in total. The quantitative estimate of drug-likeness (QED) is 0.839. The van der Waals surface area contributed by atoms with Crippen LogP contribution in [0.4, 0.5) is 5.82 Å². The lowest BCUT2D eigenvalue weighted by molar-refractivity contribution is -0.0274. The molecule has 2 aromatic heterocycles. The number of pyridine rings is 1. The molecule has 2 aromatic rings. The summed E-state index contributed by atoms with van der Waals surface area (Å²) in [5.41, 5.74) is 2.14. The van der Waals surface area contributed by atoms with E-state index in [0.717, 1.165) is 30.5 Å². The molecule has 0 unspecified atom stereocenters. The third kappa shape index (κ3) is 2.06. The second-order valence-electron chi connectivity index (χ2n) is 6.15. The molecule has 0 spiro atoms. The number of rotatable bonds is 2. The van der Waals surface area contributed by atoms with Crippen LogP contribution in [0.1, 0.15) is 25.3 Å². The van der Waals surface area contributed by atoms with E-state index in [1.807, 2.05) is 4.52 Å². The lowest BCUT2D eigenvalue weighted by atomic mass is 10.1. The lowest BCUT2D eigenvalue weighted by Gasteiger charge is -2.38. The van der Waals surface area contributed by atoms with Gasteiger partial charge in [-0.15, -0.1) is 0 Å². The zero-order valence-electron chi connectivity index (χ0n) is 12.0. The first-order valence-electron chi connectivity index (χ1n) is 7.41. The molecule has 2 fully saturated rings. The van der Waals surface area contributed by atoms with E-state index in [1.165, 1.54) is 18.4 Å². The van der Waals surface area contributed by atoms with Crippen LogP contribution in [-0.2, 0) is 4.74 Å². The fourth-order valence-electron chi connectivity index (χ4n) is 3.16. The minimum Gasteiger partial charge on any atom is -0.371 e. The van der Waals surface area contributed by atoms with Gasteiger partial charge in [0.15, 0.2) is 5.65 Å². The van der Waals surface area contributed by atoms with Crippen LogP contribution >= 0.6 is 0 Å². The molecule has 2 atom stereocenters. The van der Waals surface area contributed by atoms with Gasteiger partial charge >= 0.3 is 0 Å². The Morgan fingerprint density at radius 2 is 2.10 bits per heavy atom. The minimum absolute atomic E-state index is 0.272. The molecule has 1 saturated carbocycles. The monoisotopic (exact) mass is 272 g/mol. The number of ether oxygens (including phenoxy) is 1. The molecular weight excluding hydrogens is 252 g/mol. The van der Waals surface area contributed by atoms with Crippen LogP contribution in [0.15, 0.2) is 18.5 Å². The van der Waals surface area contributed by atoms with Crippen LogP contribution in [0.5, 0.6) is 0 Å². The molecule has 1 aliphatic carbocycles. The highest BCUT2D eigenvalue weighted by Crippen LogP contribution is 2.37. The number of aromatic nitrogens is 3. The van der Waals surface area contributed by atoms with E-state index in [2.05, 4.69) is 41.0 Å². The van der Waals surface area contributed by atoms with Crippen LogP contribution in [0.3, 0.4) is 0 Å². The third-order valence-corrected chi connectivity index (χ3v) is 4.26. The molecule has 0 bridgehead atoms. The predicted octanol–water partition coefficient (Wildman–Crippen LogP) is 2.04. The van der Waals surface area contributed by atoms with Crippen LogP contribution in [0, 0.1) is 12.8 Å². The van der Waals surface area contributed by atoms with Gasteiger partial charge < -0.3 is 9.64 Å². The van der Waals surface area contributed by atoms with Gasteiger partial charge in [0.2, 0.25) is 0 Å². The third-order valence-electron chi connectivity index (χ3n) is 4.26. The molecule has 106 valence electrons. The Morgan fingerprint density at radius 1 is 1.25 bits per heavy atom. The van der Waals surface area contributed by atoms with Crippen molar-refractivity contribution in [1.29, 1.82) is 0 Å². The summed E-state index contributed by atoms with van der Waals surface area (Å²) in [5.74, 6) is 1.90. The summed E-state index contributed by atoms with van der Waals surface area (Å²) >= 11 is 0. The molecule has 0 amide bonds. The van der Waals surface area contributed by atoms with E-state index in [0.29, 0.717) is 6.10 Å². The fourth-order valence-corrected chi connectivity index (χ4v) is 3.16. The second-order valence-corrected chi connectivity index (χ2v) is 6.15. The maximum atomic E-state index is 6.10. The van der Waals surface area contributed by atoms with Gasteiger partial charge in [0.05, 0.1) is 12.2 Å². The van der Waals surface area contributed by atoms with Crippen molar-refractivity contribution in [3.63, 3.8) is 0 Å². The first-order valence-corrected chi connectivity index (χ1v) is 7.41. The average molecular weight is 272 g/mol. The molecule has 0 N–H and O–H groups in total. The van der Waals surface area contributed by atoms with Crippen molar-refractivity contribution < 1.29 is 4.74 Å². The Balaban J connectivity index is 1.71. The zero-order chi connectivity index (χ0) is 13.7. The first-order chi connectivity index (χ1) is 9.70. The average Bonchev–Trinajstić information content (AvgIpc) is 3.16. The second kappa shape index (κ2) is 4.45. The number of hydrogen-bond donors (Lipinski definition) is 0. The molecule has 0 aromatic carbocycles. The SMILES string of the molecule is Cc1cc(N2C[C@@H](C)O[C@@H](C3CC3)C2)n2ncnc2c1. The van der Waals surface area contributed by atoms with Crippen molar-refractivity contribution in [2.24, 2.45) is 5.92 Å². The first kappa shape index (κ1) is 12.1. The number of aryl methyl sites for hydroxylation is 1. The normalized spacial score (nSPS) is 27.2. The standard InChI is InChI=1S/C15H20N4O/c1-10-5-14-16-9-17-19(14)15(6-10)18-7-11(2)20-13(8-18)12-3-4-12/h5-6,9,11-13H,3-4,7-8H2,1-2H3/t11-,13-/m1/s1. The zero-order valence-corrected chi connectivity index (χ0v) is 12.0. The number of anilines is 1. The van der Waals surface area contributed by atoms with E-state index < -0.39 is 0 Å². The van der Waals surface area contributed by atoms with Gasteiger partial charge in [-0.3, -0.25) is 0 Å². The number of hydrogen-bond acceptors (Lipinski definition) is 4. The molecule has 2 aliphatic rings. The van der Waals surface area contributed by atoms with E-state index in [1.54, 1.807) is 6.33 Å². The van der Waals surface area contributed by atoms with E-state index >= 15 is 0 Å². The Bertz CT molecular complexity index is 634. The predicted molar refractivity (Wildman–Crippen MR) is 77.0 cm³/mol. The van der Waals surface area contributed by atoms with Crippen LogP contribution in [0.2, 0.25) is 0 Å². The summed E-state index contributed by atoms with van der Waals surface area (Å²) in [4.78, 5) is 6.72. The van der Waals surface area contributed by atoms with E-state index in [-0.39, 0.29) is 6.10 Å². The lowest BCUT2D eigenvalue weighted by Crippen LogP contribution is -2.48. The minimum atomic E-state index is 0.272. The molecule has 0 radical (unpaired) electrons. The molecule has 1 saturated heterocycles. The summed E-state index contributed by atoms with van der Waals surface area (Å²) in [5, 5.41) is 4.37. The molecule has 5 heteroatoms. The molecule has 4 rings (SSSR count). The summed E-state index contributed by atoms with van der Waals surface area (Å²) < 4.78 is 8.04. The summed E-state index contributed by atoms with van der Waals surface area (Å²) in [6, 6.07) is 4.27. The maximum absolute atomic E-state index is 6.10. The van der Waals surface area contributed by atoms with Crippen LogP contribution < -0.4 is 4.90 Å². The van der Waals surface area contributed by atoms with E-state index in [9.17, 15) is 0 Å². The molecule has 20 heavy (non-hydrogen) atoms. The molecule has 3 heterocycles.